The number of benzene rings is 2. The normalized spacial score (nSPS) is 14.5. The summed E-state index contributed by atoms with van der Waals surface area (Å²) in [5, 5.41) is 25.1. The smallest absolute Gasteiger partial charge is 0.299 e. The van der Waals surface area contributed by atoms with E-state index in [1.54, 1.807) is 6.07 Å². The van der Waals surface area contributed by atoms with Gasteiger partial charge >= 0.3 is 0 Å². The van der Waals surface area contributed by atoms with Crippen molar-refractivity contribution in [3.05, 3.63) is 61.7 Å². The Kier molecular flexibility index (Phi) is 3.82. The maximum absolute atomic E-state index is 11.3. The first-order chi connectivity index (χ1) is 11.7. The minimum absolute atomic E-state index is 0.176. The van der Waals surface area contributed by atoms with E-state index in [0.29, 0.717) is 11.4 Å². The van der Waals surface area contributed by atoms with Gasteiger partial charge in [-0.1, -0.05) is 6.07 Å². The summed E-state index contributed by atoms with van der Waals surface area (Å²) in [5.41, 5.74) is 1.87. The third kappa shape index (κ3) is 3.10. The minimum Gasteiger partial charge on any atom is -0.485 e. The number of ether oxygens (including phenoxy) is 1. The molecule has 0 unspecified atom stereocenters. The summed E-state index contributed by atoms with van der Waals surface area (Å²) in [4.78, 5) is 20.8. The number of nitrogens with zero attached hydrogens (tertiary/aromatic N) is 2. The van der Waals surface area contributed by atoms with Gasteiger partial charge in [-0.3, -0.25) is 20.2 Å². The number of hydrogen-bond donors (Lipinski definition) is 1. The lowest BCUT2D eigenvalue weighted by Crippen LogP contribution is -2.24. The zero-order valence-electron chi connectivity index (χ0n) is 14.0. The molecule has 0 amide bonds. The van der Waals surface area contributed by atoms with E-state index in [4.69, 9.17) is 4.74 Å². The van der Waals surface area contributed by atoms with Gasteiger partial charge in [-0.25, -0.2) is 0 Å². The molecule has 1 aliphatic rings. The van der Waals surface area contributed by atoms with Crippen LogP contribution in [0.3, 0.4) is 0 Å². The Labute approximate surface area is 143 Å². The molecule has 130 valence electrons. The quantitative estimate of drug-likeness (QED) is 0.656. The molecule has 0 saturated heterocycles. The molecule has 8 nitrogen and oxygen atoms in total. The fraction of sp³-hybridized carbons (Fsp3) is 0.294. The zero-order valence-corrected chi connectivity index (χ0v) is 14.0. The van der Waals surface area contributed by atoms with Crippen LogP contribution >= 0.6 is 0 Å². The van der Waals surface area contributed by atoms with Gasteiger partial charge in [-0.15, -0.1) is 0 Å². The number of rotatable bonds is 4. The van der Waals surface area contributed by atoms with E-state index in [-0.39, 0.29) is 22.7 Å². The van der Waals surface area contributed by atoms with Crippen molar-refractivity contribution < 1.29 is 14.6 Å². The van der Waals surface area contributed by atoms with E-state index in [1.165, 1.54) is 12.1 Å². The first-order valence-corrected chi connectivity index (χ1v) is 7.69. The van der Waals surface area contributed by atoms with Crippen LogP contribution in [0.2, 0.25) is 0 Å². The highest BCUT2D eigenvalue weighted by Gasteiger charge is 2.33. The summed E-state index contributed by atoms with van der Waals surface area (Å²) >= 11 is 0. The van der Waals surface area contributed by atoms with E-state index in [2.05, 4.69) is 5.32 Å². The van der Waals surface area contributed by atoms with Crippen molar-refractivity contribution in [3.63, 3.8) is 0 Å². The second-order valence-electron chi connectivity index (χ2n) is 6.62. The van der Waals surface area contributed by atoms with Crippen LogP contribution < -0.4 is 10.1 Å². The Bertz CT molecular complexity index is 892. The molecule has 0 atom stereocenters. The Morgan fingerprint density at radius 3 is 2.40 bits per heavy atom. The zero-order chi connectivity index (χ0) is 18.4. The highest BCUT2D eigenvalue weighted by Crippen LogP contribution is 2.44. The number of anilines is 2. The van der Waals surface area contributed by atoms with Crippen LogP contribution in [0.1, 0.15) is 25.0 Å². The van der Waals surface area contributed by atoms with Crippen LogP contribution in [-0.4, -0.2) is 15.4 Å². The Morgan fingerprint density at radius 2 is 1.76 bits per heavy atom. The van der Waals surface area contributed by atoms with E-state index >= 15 is 0 Å². The largest absolute Gasteiger partial charge is 0.485 e. The second kappa shape index (κ2) is 5.73. The number of fused-ring (bicyclic) bond motifs is 1. The van der Waals surface area contributed by atoms with Gasteiger partial charge in [0.2, 0.25) is 0 Å². The van der Waals surface area contributed by atoms with Gasteiger partial charge in [0.15, 0.2) is 0 Å². The second-order valence-corrected chi connectivity index (χ2v) is 6.62. The molecule has 8 heteroatoms. The van der Waals surface area contributed by atoms with Crippen molar-refractivity contribution in [3.8, 4) is 5.75 Å². The van der Waals surface area contributed by atoms with E-state index in [1.807, 2.05) is 26.8 Å². The van der Waals surface area contributed by atoms with Gasteiger partial charge in [0.05, 0.1) is 21.6 Å². The fourth-order valence-corrected chi connectivity index (χ4v) is 2.93. The maximum Gasteiger partial charge on any atom is 0.299 e. The Morgan fingerprint density at radius 1 is 1.08 bits per heavy atom. The standard InChI is InChI=1S/C17H17N3O5/c1-10-4-6-14(16-12(10)9-17(2,3)25-16)18-13-7-5-11(19(21)22)8-15(13)20(23)24/h4-8,18H,9H2,1-3H3. The Hall–Kier alpha value is -3.16. The lowest BCUT2D eigenvalue weighted by atomic mass is 9.97. The van der Waals surface area contributed by atoms with Gasteiger partial charge in [0.25, 0.3) is 11.4 Å². The average molecular weight is 343 g/mol. The molecule has 0 bridgehead atoms. The van der Waals surface area contributed by atoms with E-state index in [0.717, 1.165) is 23.6 Å². The first kappa shape index (κ1) is 16.7. The maximum atomic E-state index is 11.3. The molecule has 2 aromatic rings. The average Bonchev–Trinajstić information content (AvgIpc) is 2.86. The van der Waals surface area contributed by atoms with Gasteiger partial charge < -0.3 is 10.1 Å². The van der Waals surface area contributed by atoms with Gasteiger partial charge in [0.1, 0.15) is 17.0 Å². The molecular formula is C17H17N3O5. The first-order valence-electron chi connectivity index (χ1n) is 7.69. The molecule has 1 aliphatic heterocycles. The minimum atomic E-state index is -0.661. The number of hydrogen-bond acceptors (Lipinski definition) is 6. The predicted molar refractivity (Wildman–Crippen MR) is 92.6 cm³/mol. The van der Waals surface area contributed by atoms with Gasteiger partial charge in [-0.05, 0) is 38.5 Å². The lowest BCUT2D eigenvalue weighted by Gasteiger charge is -2.18. The molecule has 2 aromatic carbocycles. The third-order valence-corrected chi connectivity index (χ3v) is 4.13. The summed E-state index contributed by atoms with van der Waals surface area (Å²) in [7, 11) is 0. The topological polar surface area (TPSA) is 108 Å². The molecule has 1 N–H and O–H groups in total. The lowest BCUT2D eigenvalue weighted by molar-refractivity contribution is -0.393. The number of nitrogens with one attached hydrogen (secondary N) is 1. The van der Waals surface area contributed by atoms with Crippen molar-refractivity contribution in [1.82, 2.24) is 0 Å². The van der Waals surface area contributed by atoms with Crippen molar-refractivity contribution in [2.75, 3.05) is 5.32 Å². The Balaban J connectivity index is 2.04. The van der Waals surface area contributed by atoms with E-state index < -0.39 is 9.85 Å². The molecular weight excluding hydrogens is 326 g/mol. The van der Waals surface area contributed by atoms with Crippen LogP contribution in [0.5, 0.6) is 5.75 Å². The molecule has 0 spiro atoms. The van der Waals surface area contributed by atoms with E-state index in [9.17, 15) is 20.2 Å². The molecule has 0 fully saturated rings. The molecule has 0 aliphatic carbocycles. The molecule has 0 radical (unpaired) electrons. The summed E-state index contributed by atoms with van der Waals surface area (Å²) in [5.74, 6) is 0.664. The number of nitro groups is 2. The monoisotopic (exact) mass is 343 g/mol. The molecule has 3 rings (SSSR count). The molecule has 1 heterocycles. The summed E-state index contributed by atoms with van der Waals surface area (Å²) in [6, 6.07) is 7.22. The van der Waals surface area contributed by atoms with Crippen LogP contribution in [0, 0.1) is 27.2 Å². The molecule has 0 saturated carbocycles. The van der Waals surface area contributed by atoms with Crippen molar-refractivity contribution in [2.24, 2.45) is 0 Å². The summed E-state index contributed by atoms with van der Waals surface area (Å²) in [6.45, 7) is 5.94. The van der Waals surface area contributed by atoms with Crippen molar-refractivity contribution in [1.29, 1.82) is 0 Å². The van der Waals surface area contributed by atoms with Crippen LogP contribution in [0.25, 0.3) is 0 Å². The highest BCUT2D eigenvalue weighted by atomic mass is 16.6. The predicted octanol–water partition coefficient (Wildman–Crippen LogP) is 4.27. The third-order valence-electron chi connectivity index (χ3n) is 4.13. The van der Waals surface area contributed by atoms with Gasteiger partial charge in [0, 0.05) is 18.1 Å². The van der Waals surface area contributed by atoms with Crippen molar-refractivity contribution in [2.45, 2.75) is 32.8 Å². The fourth-order valence-electron chi connectivity index (χ4n) is 2.93. The highest BCUT2D eigenvalue weighted by molar-refractivity contribution is 5.76. The van der Waals surface area contributed by atoms with Gasteiger partial charge in [-0.2, -0.15) is 0 Å². The summed E-state index contributed by atoms with van der Waals surface area (Å²) < 4.78 is 6.00. The molecule has 0 aromatic heterocycles. The van der Waals surface area contributed by atoms with Crippen LogP contribution in [0.4, 0.5) is 22.7 Å². The number of aryl methyl sites for hydroxylation is 1. The van der Waals surface area contributed by atoms with Crippen LogP contribution in [-0.2, 0) is 6.42 Å². The number of nitro benzene ring substituents is 2. The SMILES string of the molecule is Cc1ccc(Nc2ccc([N+](=O)[O-])cc2[N+](=O)[O-])c2c1CC(C)(C)O2. The molecule has 25 heavy (non-hydrogen) atoms. The summed E-state index contributed by atoms with van der Waals surface area (Å²) in [6.07, 6.45) is 0.742. The van der Waals surface area contributed by atoms with Crippen LogP contribution in [0.15, 0.2) is 30.3 Å². The number of non-ortho nitro benzene ring substituents is 1. The van der Waals surface area contributed by atoms with Crippen molar-refractivity contribution >= 4 is 22.7 Å².